The number of allylic oxidation sites excluding steroid dienone is 2. The topological polar surface area (TPSA) is 79.9 Å². The van der Waals surface area contributed by atoms with Crippen LogP contribution >= 0.6 is 0 Å². The second kappa shape index (κ2) is 9.63. The van der Waals surface area contributed by atoms with E-state index in [1.807, 2.05) is 13.8 Å². The number of nitrogens with zero attached hydrogens (tertiary/aromatic N) is 2. The summed E-state index contributed by atoms with van der Waals surface area (Å²) in [5.74, 6) is 1.50. The van der Waals surface area contributed by atoms with Gasteiger partial charge >= 0.3 is 0 Å². The van der Waals surface area contributed by atoms with E-state index in [1.54, 1.807) is 23.2 Å². The highest BCUT2D eigenvalue weighted by atomic mass is 16.5. The molecule has 1 amide bonds. The maximum atomic E-state index is 13.2. The molecule has 1 aliphatic heterocycles. The van der Waals surface area contributed by atoms with Crippen molar-refractivity contribution in [3.63, 3.8) is 0 Å². The first-order valence-corrected chi connectivity index (χ1v) is 10.3. The summed E-state index contributed by atoms with van der Waals surface area (Å²) in [5.41, 5.74) is 9.56. The molecule has 29 heavy (non-hydrogen) atoms. The van der Waals surface area contributed by atoms with Crippen LogP contribution in [0.1, 0.15) is 59.9 Å². The van der Waals surface area contributed by atoms with Gasteiger partial charge in [0, 0.05) is 11.4 Å². The fourth-order valence-corrected chi connectivity index (χ4v) is 3.25. The molecule has 0 bridgehead atoms. The Balaban J connectivity index is 2.63. The van der Waals surface area contributed by atoms with Crippen LogP contribution < -0.4 is 15.8 Å². The van der Waals surface area contributed by atoms with Crippen LogP contribution in [0.15, 0.2) is 46.8 Å². The van der Waals surface area contributed by atoms with Crippen molar-refractivity contribution in [1.82, 2.24) is 10.3 Å². The van der Waals surface area contributed by atoms with E-state index in [4.69, 9.17) is 15.6 Å². The Labute approximate surface area is 174 Å². The van der Waals surface area contributed by atoms with E-state index in [1.165, 1.54) is 0 Å². The largest absolute Gasteiger partial charge is 0.493 e. The molecule has 1 aromatic carbocycles. The second-order valence-electron chi connectivity index (χ2n) is 7.91. The highest BCUT2D eigenvalue weighted by Gasteiger charge is 2.31. The van der Waals surface area contributed by atoms with E-state index in [2.05, 4.69) is 39.6 Å². The zero-order chi connectivity index (χ0) is 21.7. The average molecular weight is 399 g/mol. The van der Waals surface area contributed by atoms with E-state index in [9.17, 15) is 4.79 Å². The van der Waals surface area contributed by atoms with Gasteiger partial charge < -0.3 is 15.8 Å². The molecule has 0 spiro atoms. The van der Waals surface area contributed by atoms with Crippen molar-refractivity contribution in [2.45, 2.75) is 54.4 Å². The van der Waals surface area contributed by atoms with Crippen molar-refractivity contribution < 1.29 is 9.53 Å². The highest BCUT2D eigenvalue weighted by molar-refractivity contribution is 6.15. The minimum absolute atomic E-state index is 0.192. The monoisotopic (exact) mass is 398 g/mol. The summed E-state index contributed by atoms with van der Waals surface area (Å²) >= 11 is 0. The molecular formula is C23H34N4O2. The van der Waals surface area contributed by atoms with E-state index in [-0.39, 0.29) is 11.8 Å². The summed E-state index contributed by atoms with van der Waals surface area (Å²) in [4.78, 5) is 13.2. The molecule has 1 aromatic rings. The summed E-state index contributed by atoms with van der Waals surface area (Å²) < 4.78 is 5.73. The van der Waals surface area contributed by atoms with Crippen molar-refractivity contribution in [2.75, 3.05) is 12.3 Å². The maximum Gasteiger partial charge on any atom is 0.275 e. The third-order valence-corrected chi connectivity index (χ3v) is 5.09. The number of carbonyl (C=O) groups excluding carboxylic acids is 1. The molecule has 1 heterocycles. The number of nitrogens with one attached hydrogen (secondary N) is 1. The lowest BCUT2D eigenvalue weighted by molar-refractivity contribution is -0.118. The number of amides is 1. The zero-order valence-electron chi connectivity index (χ0n) is 18.5. The Morgan fingerprint density at radius 2 is 2.00 bits per heavy atom. The number of anilines is 1. The molecule has 0 aliphatic carbocycles. The van der Waals surface area contributed by atoms with Crippen LogP contribution in [0.4, 0.5) is 5.69 Å². The minimum Gasteiger partial charge on any atom is -0.493 e. The van der Waals surface area contributed by atoms with Crippen LogP contribution in [0, 0.1) is 11.8 Å². The van der Waals surface area contributed by atoms with Gasteiger partial charge in [0.05, 0.1) is 12.2 Å². The van der Waals surface area contributed by atoms with Gasteiger partial charge in [-0.05, 0) is 62.3 Å². The van der Waals surface area contributed by atoms with Gasteiger partial charge in [0.2, 0.25) is 0 Å². The summed E-state index contributed by atoms with van der Waals surface area (Å²) in [6.45, 7) is 17.1. The minimum atomic E-state index is -0.192. The van der Waals surface area contributed by atoms with Crippen LogP contribution in [0.3, 0.4) is 0 Å². The van der Waals surface area contributed by atoms with Crippen LogP contribution in [-0.4, -0.2) is 23.4 Å². The normalized spacial score (nSPS) is 17.0. The summed E-state index contributed by atoms with van der Waals surface area (Å²) in [5, 5.41) is 9.43. The molecular weight excluding hydrogens is 364 g/mol. The van der Waals surface area contributed by atoms with E-state index in [0.717, 1.165) is 24.1 Å². The van der Waals surface area contributed by atoms with Crippen molar-refractivity contribution in [3.8, 4) is 5.75 Å². The Bertz CT molecular complexity index is 839. The number of hydrogen-bond donors (Lipinski definition) is 2. The van der Waals surface area contributed by atoms with Crippen LogP contribution in [-0.2, 0) is 4.79 Å². The molecule has 2 rings (SSSR count). The van der Waals surface area contributed by atoms with Gasteiger partial charge in [0.1, 0.15) is 11.4 Å². The Kier molecular flexibility index (Phi) is 7.48. The first-order valence-electron chi connectivity index (χ1n) is 10.3. The van der Waals surface area contributed by atoms with Gasteiger partial charge in [-0.3, -0.25) is 4.79 Å². The molecule has 0 radical (unpaired) electrons. The number of nitrogen functional groups attached to an aromatic ring is 1. The fourth-order valence-electron chi connectivity index (χ4n) is 3.25. The van der Waals surface area contributed by atoms with E-state index in [0.29, 0.717) is 41.1 Å². The number of benzene rings is 1. The number of hydrogen-bond acceptors (Lipinski definition) is 5. The Morgan fingerprint density at radius 3 is 2.59 bits per heavy atom. The molecule has 3 N–H and O–H groups in total. The predicted octanol–water partition coefficient (Wildman–Crippen LogP) is 4.64. The summed E-state index contributed by atoms with van der Waals surface area (Å²) in [7, 11) is 0. The van der Waals surface area contributed by atoms with Gasteiger partial charge in [-0.15, -0.1) is 5.10 Å². The van der Waals surface area contributed by atoms with Crippen molar-refractivity contribution >= 4 is 17.4 Å². The standard InChI is InChI=1S/C23H34N4O2/c1-8-15(5)17(7)21-23(28)25-22(26-27(21)16(6)12-14(3)4)19-13-18(24)10-11-20(19)29-9-2/h10-11,13-15H,6,8-9,12,24H2,1-5,7H3,(H,25,26,28)/b21-17-. The van der Waals surface area contributed by atoms with Gasteiger partial charge in [-0.25, -0.2) is 5.01 Å². The molecule has 0 aromatic heterocycles. The molecule has 1 unspecified atom stereocenters. The Morgan fingerprint density at radius 1 is 1.31 bits per heavy atom. The van der Waals surface area contributed by atoms with Crippen molar-refractivity contribution in [3.05, 3.63) is 47.3 Å². The molecule has 1 atom stereocenters. The molecule has 6 heteroatoms. The smallest absolute Gasteiger partial charge is 0.275 e. The van der Waals surface area contributed by atoms with Crippen molar-refractivity contribution in [2.24, 2.45) is 16.9 Å². The molecule has 0 saturated carbocycles. The summed E-state index contributed by atoms with van der Waals surface area (Å²) in [6, 6.07) is 5.34. The van der Waals surface area contributed by atoms with E-state index < -0.39 is 0 Å². The second-order valence-corrected chi connectivity index (χ2v) is 7.91. The predicted molar refractivity (Wildman–Crippen MR) is 119 cm³/mol. The molecule has 0 saturated heterocycles. The zero-order valence-corrected chi connectivity index (χ0v) is 18.5. The Hall–Kier alpha value is -2.76. The lowest BCUT2D eigenvalue weighted by Crippen LogP contribution is -2.44. The van der Waals surface area contributed by atoms with Crippen LogP contribution in [0.2, 0.25) is 0 Å². The number of nitrogens with two attached hydrogens (primary N) is 1. The van der Waals surface area contributed by atoms with Crippen LogP contribution in [0.5, 0.6) is 5.75 Å². The number of ether oxygens (including phenoxy) is 1. The van der Waals surface area contributed by atoms with Crippen LogP contribution in [0.25, 0.3) is 0 Å². The van der Waals surface area contributed by atoms with Gasteiger partial charge in [0.25, 0.3) is 5.91 Å². The molecule has 6 nitrogen and oxygen atoms in total. The lowest BCUT2D eigenvalue weighted by Gasteiger charge is -2.32. The molecule has 1 aliphatic rings. The third kappa shape index (κ3) is 5.19. The molecule has 158 valence electrons. The quantitative estimate of drug-likeness (QED) is 0.494. The molecule has 0 fully saturated rings. The average Bonchev–Trinajstić information content (AvgIpc) is 2.67. The number of amidine groups is 1. The first kappa shape index (κ1) is 22.5. The van der Waals surface area contributed by atoms with Crippen molar-refractivity contribution in [1.29, 1.82) is 0 Å². The fraction of sp³-hybridized carbons (Fsp3) is 0.478. The van der Waals surface area contributed by atoms with Gasteiger partial charge in [-0.1, -0.05) is 34.3 Å². The van der Waals surface area contributed by atoms with Gasteiger partial charge in [-0.2, -0.15) is 0 Å². The van der Waals surface area contributed by atoms with Gasteiger partial charge in [0.15, 0.2) is 5.84 Å². The third-order valence-electron chi connectivity index (χ3n) is 5.09. The SMILES string of the molecule is C=C(CC(C)C)N1N=C(c2cc(N)ccc2OCC)NC(=O)/C1=C(\C)C(C)CC. The summed E-state index contributed by atoms with van der Waals surface area (Å²) in [6.07, 6.45) is 1.67. The maximum absolute atomic E-state index is 13.2. The number of carbonyl (C=O) groups is 1. The van der Waals surface area contributed by atoms with E-state index >= 15 is 0 Å². The number of rotatable bonds is 8. The highest BCUT2D eigenvalue weighted by Crippen LogP contribution is 2.30. The number of hydrazone groups is 1. The first-order chi connectivity index (χ1) is 13.7. The lowest BCUT2D eigenvalue weighted by atomic mass is 9.96.